The number of rotatable bonds is 0. The van der Waals surface area contributed by atoms with Crippen molar-refractivity contribution in [1.82, 2.24) is 15.5 Å². The van der Waals surface area contributed by atoms with E-state index in [2.05, 4.69) is 42.3 Å². The van der Waals surface area contributed by atoms with Gasteiger partial charge < -0.3 is 20.3 Å². The Labute approximate surface area is 124 Å². The van der Waals surface area contributed by atoms with E-state index in [-0.39, 0.29) is 0 Å². The first-order chi connectivity index (χ1) is 9.09. The molecule has 3 rings (SSSR count). The highest BCUT2D eigenvalue weighted by molar-refractivity contribution is 8.03. The molecular formula is C13H23N3OS2. The Morgan fingerprint density at radius 1 is 1.11 bits per heavy atom. The van der Waals surface area contributed by atoms with Gasteiger partial charge in [0.15, 0.2) is 5.88 Å². The number of thioether (sulfide) groups is 2. The Bertz CT molecular complexity index is 298. The van der Waals surface area contributed by atoms with E-state index >= 15 is 0 Å². The van der Waals surface area contributed by atoms with Crippen LogP contribution in [-0.4, -0.2) is 49.7 Å². The van der Waals surface area contributed by atoms with Crippen molar-refractivity contribution in [3.63, 3.8) is 0 Å². The largest absolute Gasteiger partial charge is 0.478 e. The number of hydrogen-bond donors (Lipinski definition) is 2. The van der Waals surface area contributed by atoms with Crippen LogP contribution in [0.15, 0.2) is 35.7 Å². The number of hydrogen-bond acceptors (Lipinski definition) is 6. The molecule has 4 nitrogen and oxygen atoms in total. The van der Waals surface area contributed by atoms with Gasteiger partial charge in [-0.15, -0.1) is 23.5 Å². The second kappa shape index (κ2) is 9.09. The first kappa shape index (κ1) is 16.2. The van der Waals surface area contributed by atoms with Crippen LogP contribution in [0.5, 0.6) is 0 Å². The smallest absolute Gasteiger partial charge is 0.179 e. The normalized spacial score (nSPS) is 20.7. The average Bonchev–Trinajstić information content (AvgIpc) is 3.09. The predicted octanol–water partition coefficient (Wildman–Crippen LogP) is 2.01. The minimum Gasteiger partial charge on any atom is -0.478 e. The van der Waals surface area contributed by atoms with Gasteiger partial charge >= 0.3 is 0 Å². The Kier molecular flexibility index (Phi) is 7.74. The van der Waals surface area contributed by atoms with Crippen LogP contribution in [0.25, 0.3) is 0 Å². The molecule has 3 heterocycles. The molecule has 0 amide bonds. The molecule has 0 aromatic rings. The van der Waals surface area contributed by atoms with E-state index < -0.39 is 0 Å². The number of nitrogens with zero attached hydrogens (tertiary/aromatic N) is 1. The first-order valence-corrected chi connectivity index (χ1v) is 8.20. The minimum absolute atomic E-state index is 0.704. The van der Waals surface area contributed by atoms with Crippen molar-refractivity contribution in [2.24, 2.45) is 0 Å². The lowest BCUT2D eigenvalue weighted by Crippen LogP contribution is -2.09. The van der Waals surface area contributed by atoms with E-state index in [9.17, 15) is 0 Å². The highest BCUT2D eigenvalue weighted by atomic mass is 32.2. The maximum absolute atomic E-state index is 4.85. The summed E-state index contributed by atoms with van der Waals surface area (Å²) in [6.45, 7) is 15.0. The molecule has 3 aliphatic rings. The Morgan fingerprint density at radius 2 is 1.89 bits per heavy atom. The lowest BCUT2D eigenvalue weighted by atomic mass is 10.7. The van der Waals surface area contributed by atoms with E-state index in [0.717, 1.165) is 24.7 Å². The lowest BCUT2D eigenvalue weighted by molar-refractivity contribution is 0.267. The van der Waals surface area contributed by atoms with E-state index in [1.807, 2.05) is 11.8 Å². The molecule has 0 saturated carbocycles. The van der Waals surface area contributed by atoms with Crippen LogP contribution in [0.1, 0.15) is 0 Å². The maximum atomic E-state index is 4.85. The van der Waals surface area contributed by atoms with Crippen LogP contribution >= 0.6 is 23.5 Å². The Balaban J connectivity index is 0.000000143. The highest BCUT2D eigenvalue weighted by Crippen LogP contribution is 2.22. The quantitative estimate of drug-likeness (QED) is 0.713. The van der Waals surface area contributed by atoms with Crippen LogP contribution in [0.4, 0.5) is 0 Å². The third-order valence-electron chi connectivity index (χ3n) is 2.52. The second-order valence-corrected chi connectivity index (χ2v) is 6.42. The second-order valence-electron chi connectivity index (χ2n) is 4.06. The van der Waals surface area contributed by atoms with Crippen LogP contribution in [0.2, 0.25) is 0 Å². The van der Waals surface area contributed by atoms with Crippen molar-refractivity contribution in [3.8, 4) is 0 Å². The summed E-state index contributed by atoms with van der Waals surface area (Å²) in [5.41, 5.74) is 0. The minimum atomic E-state index is 0.704. The van der Waals surface area contributed by atoms with Gasteiger partial charge in [0.25, 0.3) is 0 Å². The van der Waals surface area contributed by atoms with Gasteiger partial charge in [0, 0.05) is 31.6 Å². The summed E-state index contributed by atoms with van der Waals surface area (Å²) in [7, 11) is 2.07. The summed E-state index contributed by atoms with van der Waals surface area (Å²) in [6.07, 6.45) is 0. The summed E-state index contributed by atoms with van der Waals surface area (Å²) < 4.78 is 4.85. The fourth-order valence-corrected chi connectivity index (χ4v) is 2.93. The molecule has 0 spiro atoms. The molecule has 0 radical (unpaired) electrons. The molecule has 108 valence electrons. The van der Waals surface area contributed by atoms with Crippen molar-refractivity contribution in [2.75, 3.05) is 44.8 Å². The van der Waals surface area contributed by atoms with E-state index in [4.69, 9.17) is 4.74 Å². The molecule has 3 fully saturated rings. The molecule has 0 unspecified atom stereocenters. The van der Waals surface area contributed by atoms with Crippen molar-refractivity contribution >= 4 is 23.5 Å². The van der Waals surface area contributed by atoms with Crippen LogP contribution in [0, 0.1) is 0 Å². The fraction of sp³-hybridized carbons (Fsp3) is 0.538. The van der Waals surface area contributed by atoms with E-state index in [1.54, 1.807) is 11.8 Å². The van der Waals surface area contributed by atoms with Crippen molar-refractivity contribution in [3.05, 3.63) is 35.7 Å². The topological polar surface area (TPSA) is 36.5 Å². The predicted molar refractivity (Wildman–Crippen MR) is 86.9 cm³/mol. The fourth-order valence-electron chi connectivity index (χ4n) is 1.37. The Morgan fingerprint density at radius 3 is 2.05 bits per heavy atom. The zero-order valence-corrected chi connectivity index (χ0v) is 13.2. The summed E-state index contributed by atoms with van der Waals surface area (Å²) in [4.78, 5) is 2.17. The standard InChI is InChI=1S/C5H9NS.C4H7NO.C4H7NS/c1-5-6(2)3-4-7-5;2*1-4-5-2-3-6-4/h1,3-4H2,2H3;2*5H,1-3H2. The molecule has 19 heavy (non-hydrogen) atoms. The van der Waals surface area contributed by atoms with Gasteiger partial charge in [0.2, 0.25) is 0 Å². The van der Waals surface area contributed by atoms with Gasteiger partial charge in [-0.25, -0.2) is 0 Å². The molecule has 0 aromatic heterocycles. The zero-order chi connectivity index (χ0) is 14.1. The molecule has 0 bridgehead atoms. The van der Waals surface area contributed by atoms with Gasteiger partial charge in [-0.05, 0) is 6.58 Å². The van der Waals surface area contributed by atoms with Gasteiger partial charge in [0.1, 0.15) is 6.61 Å². The van der Waals surface area contributed by atoms with Gasteiger partial charge in [0.05, 0.1) is 16.6 Å². The summed E-state index contributed by atoms with van der Waals surface area (Å²) in [5, 5.41) is 8.32. The first-order valence-electron chi connectivity index (χ1n) is 6.23. The maximum Gasteiger partial charge on any atom is 0.179 e. The molecule has 2 N–H and O–H groups in total. The average molecular weight is 301 g/mol. The van der Waals surface area contributed by atoms with Crippen LogP contribution in [0.3, 0.4) is 0 Å². The molecular weight excluding hydrogens is 278 g/mol. The van der Waals surface area contributed by atoms with Crippen molar-refractivity contribution in [1.29, 1.82) is 0 Å². The highest BCUT2D eigenvalue weighted by Gasteiger charge is 2.08. The molecule has 0 aliphatic carbocycles. The number of ether oxygens (including phenoxy) is 1. The molecule has 0 aromatic carbocycles. The number of nitrogens with one attached hydrogen (secondary N) is 2. The molecule has 3 aliphatic heterocycles. The summed E-state index contributed by atoms with van der Waals surface area (Å²) >= 11 is 3.63. The third kappa shape index (κ3) is 7.32. The molecule has 6 heteroatoms. The summed E-state index contributed by atoms with van der Waals surface area (Å²) in [5.74, 6) is 3.11. The van der Waals surface area contributed by atoms with Gasteiger partial charge in [-0.2, -0.15) is 0 Å². The van der Waals surface area contributed by atoms with Crippen molar-refractivity contribution in [2.45, 2.75) is 0 Å². The monoisotopic (exact) mass is 301 g/mol. The summed E-state index contributed by atoms with van der Waals surface area (Å²) in [6, 6.07) is 0. The molecule has 3 saturated heterocycles. The zero-order valence-electron chi connectivity index (χ0n) is 11.5. The molecule has 0 atom stereocenters. The van der Waals surface area contributed by atoms with Crippen molar-refractivity contribution < 1.29 is 4.74 Å². The Hall–Kier alpha value is -0.880. The lowest BCUT2D eigenvalue weighted by Gasteiger charge is -2.07. The van der Waals surface area contributed by atoms with E-state index in [1.165, 1.54) is 23.1 Å². The van der Waals surface area contributed by atoms with E-state index in [0.29, 0.717) is 5.88 Å². The van der Waals surface area contributed by atoms with Crippen LogP contribution < -0.4 is 10.6 Å². The SMILES string of the molecule is C=C1NCCO1.C=C1NCCS1.C=C1SCCN1C. The third-order valence-corrected chi connectivity index (χ3v) is 4.45. The van der Waals surface area contributed by atoms with Gasteiger partial charge in [-0.1, -0.05) is 13.2 Å². The van der Waals surface area contributed by atoms with Gasteiger partial charge in [-0.3, -0.25) is 0 Å². The van der Waals surface area contributed by atoms with Crippen LogP contribution in [-0.2, 0) is 4.74 Å².